The lowest BCUT2D eigenvalue weighted by molar-refractivity contribution is -0.134. The van der Waals surface area contributed by atoms with Gasteiger partial charge in [-0.05, 0) is 6.92 Å². The van der Waals surface area contributed by atoms with Gasteiger partial charge in [0.05, 0.1) is 6.61 Å². The highest BCUT2D eigenvalue weighted by Gasteiger charge is 1.95. The van der Waals surface area contributed by atoms with Crippen LogP contribution in [0.4, 0.5) is 4.79 Å². The van der Waals surface area contributed by atoms with Gasteiger partial charge in [-0.3, -0.25) is 5.43 Å². The van der Waals surface area contributed by atoms with Crippen LogP contribution in [0.25, 0.3) is 0 Å². The number of hydrazine groups is 1. The zero-order chi connectivity index (χ0) is 9.40. The van der Waals surface area contributed by atoms with E-state index in [9.17, 15) is 9.59 Å². The Balaban J connectivity index is 3.61. The predicted molar refractivity (Wildman–Crippen MR) is 41.0 cm³/mol. The van der Waals surface area contributed by atoms with Crippen LogP contribution in [-0.4, -0.2) is 24.8 Å². The molecule has 2 amide bonds. The molecule has 0 spiro atoms. The molecule has 4 N–H and O–H groups in total. The lowest BCUT2D eigenvalue weighted by atomic mass is 10.7. The summed E-state index contributed by atoms with van der Waals surface area (Å²) in [7, 11) is 0. The van der Waals surface area contributed by atoms with E-state index in [1.807, 2.05) is 5.43 Å². The summed E-state index contributed by atoms with van der Waals surface area (Å²) in [6, 6.07) is -0.712. The van der Waals surface area contributed by atoms with Crippen molar-refractivity contribution in [3.8, 4) is 0 Å². The summed E-state index contributed by atoms with van der Waals surface area (Å²) in [5, 5.41) is 3.22. The molecular formula is C5H10N4O3. The van der Waals surface area contributed by atoms with Crippen LogP contribution in [-0.2, 0) is 9.53 Å². The average Bonchev–Trinajstić information content (AvgIpc) is 2.04. The third-order valence-corrected chi connectivity index (χ3v) is 0.754. The highest BCUT2D eigenvalue weighted by atomic mass is 16.5. The fraction of sp³-hybridized carbons (Fsp3) is 0.400. The first-order valence-electron chi connectivity index (χ1n) is 3.17. The number of esters is 1. The van der Waals surface area contributed by atoms with E-state index in [2.05, 4.69) is 9.84 Å². The number of hydrazone groups is 1. The molecule has 0 aromatic heterocycles. The first-order chi connectivity index (χ1) is 5.70. The van der Waals surface area contributed by atoms with Gasteiger partial charge < -0.3 is 4.74 Å². The lowest BCUT2D eigenvalue weighted by Crippen LogP contribution is -2.37. The fourth-order valence-electron chi connectivity index (χ4n) is 0.355. The Kier molecular flexibility index (Phi) is 5.28. The fourth-order valence-corrected chi connectivity index (χ4v) is 0.355. The average molecular weight is 174 g/mol. The van der Waals surface area contributed by atoms with Crippen molar-refractivity contribution in [2.75, 3.05) is 6.61 Å². The van der Waals surface area contributed by atoms with Gasteiger partial charge in [-0.15, -0.1) is 0 Å². The first-order valence-corrected chi connectivity index (χ1v) is 3.17. The Morgan fingerprint density at radius 1 is 1.67 bits per heavy atom. The summed E-state index contributed by atoms with van der Waals surface area (Å²) in [5.74, 6) is 4.07. The predicted octanol–water partition coefficient (Wildman–Crippen LogP) is -1.29. The van der Waals surface area contributed by atoms with Crippen LogP contribution >= 0.6 is 0 Å². The number of hydrogen-bond acceptors (Lipinski definition) is 5. The van der Waals surface area contributed by atoms with Gasteiger partial charge in [0, 0.05) is 0 Å². The summed E-state index contributed by atoms with van der Waals surface area (Å²) < 4.78 is 4.47. The minimum atomic E-state index is -0.712. The van der Waals surface area contributed by atoms with Crippen LogP contribution < -0.4 is 16.7 Å². The molecule has 0 aromatic rings. The van der Waals surface area contributed by atoms with Crippen molar-refractivity contribution < 1.29 is 14.3 Å². The number of amides is 2. The summed E-state index contributed by atoms with van der Waals surface area (Å²) in [4.78, 5) is 20.9. The van der Waals surface area contributed by atoms with E-state index >= 15 is 0 Å². The van der Waals surface area contributed by atoms with Crippen molar-refractivity contribution in [2.24, 2.45) is 10.9 Å². The van der Waals surface area contributed by atoms with Gasteiger partial charge in [-0.1, -0.05) is 0 Å². The Labute approximate surface area is 68.9 Å². The van der Waals surface area contributed by atoms with Crippen LogP contribution in [0.15, 0.2) is 5.10 Å². The number of ether oxygens (including phenoxy) is 1. The minimum absolute atomic E-state index is 0.258. The second-order valence-corrected chi connectivity index (χ2v) is 1.60. The molecule has 0 radical (unpaired) electrons. The number of carbonyl (C=O) groups is 2. The molecule has 0 aliphatic heterocycles. The van der Waals surface area contributed by atoms with E-state index in [1.54, 1.807) is 12.3 Å². The van der Waals surface area contributed by atoms with Gasteiger partial charge in [0.15, 0.2) is 0 Å². The summed E-state index contributed by atoms with van der Waals surface area (Å²) >= 11 is 0. The van der Waals surface area contributed by atoms with E-state index in [4.69, 9.17) is 5.84 Å². The molecule has 12 heavy (non-hydrogen) atoms. The number of carbonyl (C=O) groups excluding carboxylic acids is 2. The van der Waals surface area contributed by atoms with Gasteiger partial charge in [-0.2, -0.15) is 5.10 Å². The number of hydrogen-bond donors (Lipinski definition) is 3. The molecule has 0 unspecified atom stereocenters. The molecule has 0 atom stereocenters. The van der Waals surface area contributed by atoms with Gasteiger partial charge in [0.1, 0.15) is 6.21 Å². The van der Waals surface area contributed by atoms with E-state index in [1.165, 1.54) is 0 Å². The lowest BCUT2D eigenvalue weighted by Gasteiger charge is -1.96. The van der Waals surface area contributed by atoms with Crippen molar-refractivity contribution in [3.63, 3.8) is 0 Å². The molecule has 0 aromatic carbocycles. The number of nitrogens with two attached hydrogens (primary N) is 1. The Bertz CT molecular complexity index is 191. The molecule has 0 heterocycles. The van der Waals surface area contributed by atoms with E-state index in [0.717, 1.165) is 6.21 Å². The van der Waals surface area contributed by atoms with Crippen molar-refractivity contribution in [1.29, 1.82) is 0 Å². The maximum absolute atomic E-state index is 10.5. The highest BCUT2D eigenvalue weighted by molar-refractivity contribution is 6.23. The quantitative estimate of drug-likeness (QED) is 0.163. The summed E-state index contributed by atoms with van der Waals surface area (Å²) in [6.45, 7) is 1.92. The monoisotopic (exact) mass is 174 g/mol. The van der Waals surface area contributed by atoms with Crippen molar-refractivity contribution >= 4 is 18.2 Å². The number of rotatable bonds is 3. The molecule has 7 nitrogen and oxygen atoms in total. The topological polar surface area (TPSA) is 106 Å². The molecule has 0 rings (SSSR count). The van der Waals surface area contributed by atoms with Gasteiger partial charge in [0.2, 0.25) is 0 Å². The second-order valence-electron chi connectivity index (χ2n) is 1.60. The standard InChI is InChI=1S/C5H10N4O3/c1-2-12-4(10)3-7-9-5(11)8-6/h3H,2,6H2,1H3,(H2,8,9,11). The zero-order valence-corrected chi connectivity index (χ0v) is 6.53. The smallest absolute Gasteiger partial charge is 0.351 e. The maximum Gasteiger partial charge on any atom is 0.351 e. The third-order valence-electron chi connectivity index (χ3n) is 0.754. The largest absolute Gasteiger partial charge is 0.462 e. The molecule has 0 fully saturated rings. The van der Waals surface area contributed by atoms with Crippen molar-refractivity contribution in [2.45, 2.75) is 6.92 Å². The molecule has 0 aliphatic carbocycles. The zero-order valence-electron chi connectivity index (χ0n) is 6.53. The van der Waals surface area contributed by atoms with Crippen LogP contribution in [0, 0.1) is 0 Å². The Hall–Kier alpha value is -1.63. The number of nitrogens with zero attached hydrogens (tertiary/aromatic N) is 1. The molecule has 0 saturated carbocycles. The Morgan fingerprint density at radius 2 is 2.33 bits per heavy atom. The van der Waals surface area contributed by atoms with Crippen molar-refractivity contribution in [1.82, 2.24) is 10.9 Å². The summed E-state index contributed by atoms with van der Waals surface area (Å²) in [5.41, 5.74) is 3.67. The van der Waals surface area contributed by atoms with Crippen LogP contribution in [0.5, 0.6) is 0 Å². The number of nitrogens with one attached hydrogen (secondary N) is 2. The van der Waals surface area contributed by atoms with Crippen LogP contribution in [0.2, 0.25) is 0 Å². The maximum atomic E-state index is 10.5. The highest BCUT2D eigenvalue weighted by Crippen LogP contribution is 1.72. The van der Waals surface area contributed by atoms with Crippen LogP contribution in [0.1, 0.15) is 6.92 Å². The first kappa shape index (κ1) is 10.4. The molecular weight excluding hydrogens is 164 g/mol. The van der Waals surface area contributed by atoms with E-state index in [0.29, 0.717) is 0 Å². The normalized spacial score (nSPS) is 9.50. The van der Waals surface area contributed by atoms with Gasteiger partial charge >= 0.3 is 12.0 Å². The molecule has 0 aliphatic rings. The van der Waals surface area contributed by atoms with Crippen LogP contribution in [0.3, 0.4) is 0 Å². The van der Waals surface area contributed by atoms with E-state index in [-0.39, 0.29) is 6.61 Å². The number of urea groups is 1. The molecule has 0 bridgehead atoms. The SMILES string of the molecule is CCOC(=O)C=NNC(=O)NN. The van der Waals surface area contributed by atoms with E-state index < -0.39 is 12.0 Å². The molecule has 0 saturated heterocycles. The van der Waals surface area contributed by atoms with Gasteiger partial charge in [-0.25, -0.2) is 20.9 Å². The second kappa shape index (κ2) is 6.10. The Morgan fingerprint density at radius 3 is 2.83 bits per heavy atom. The summed E-state index contributed by atoms with van der Waals surface area (Å²) in [6.07, 6.45) is 0.832. The van der Waals surface area contributed by atoms with Gasteiger partial charge in [0.25, 0.3) is 0 Å². The molecule has 7 heteroatoms. The minimum Gasteiger partial charge on any atom is -0.462 e. The van der Waals surface area contributed by atoms with Crippen molar-refractivity contribution in [3.05, 3.63) is 0 Å². The third kappa shape index (κ3) is 5.18. The molecule has 68 valence electrons.